The molecule has 16 aromatic carbocycles. The topological polar surface area (TPSA) is 144 Å². The van der Waals surface area contributed by atoms with Crippen molar-refractivity contribution in [1.82, 2.24) is 29.9 Å². The van der Waals surface area contributed by atoms with Crippen LogP contribution in [-0.4, -0.2) is 47.1 Å². The maximum Gasteiger partial charge on any atom is 0.488 e. The number of rotatable bonds is 8. The predicted octanol–water partition coefficient (Wildman–Crippen LogP) is 22.8. The Hall–Kier alpha value is -13.0. The fraction of sp³-hybridized carbons (Fsp3) is 0.0110. The average Bonchev–Trinajstić information content (AvgIpc) is 1.65. The molecule has 0 atom stereocenters. The third kappa shape index (κ3) is 11.6. The summed E-state index contributed by atoms with van der Waals surface area (Å²) in [6, 6.07) is 111. The van der Waals surface area contributed by atoms with Crippen molar-refractivity contribution in [3.05, 3.63) is 333 Å². The Balaban J connectivity index is 0.000000126. The molecule has 0 saturated carbocycles. The number of nitrogens with zero attached hydrogens (tertiary/aromatic N) is 6. The van der Waals surface area contributed by atoms with Crippen LogP contribution in [0.5, 0.6) is 0 Å². The second-order valence-corrected chi connectivity index (χ2v) is 25.4. The quantitative estimate of drug-likeness (QED) is 0.111. The van der Waals surface area contributed by atoms with E-state index in [9.17, 15) is 10.0 Å². The molecule has 0 spiro atoms. The fourth-order valence-electron chi connectivity index (χ4n) is 14.3. The molecular weight excluding hydrogens is 1290 g/mol. The lowest BCUT2D eigenvalue weighted by molar-refractivity contribution is 0.426. The van der Waals surface area contributed by atoms with Crippen molar-refractivity contribution < 1.29 is 18.9 Å². The highest BCUT2D eigenvalue weighted by molar-refractivity contribution is 6.58. The number of para-hydroxylation sites is 2. The Morgan fingerprint density at radius 3 is 0.893 bits per heavy atom. The number of halogens is 1. The van der Waals surface area contributed by atoms with Gasteiger partial charge in [0, 0.05) is 71.3 Å². The molecule has 12 heteroatoms. The highest BCUT2D eigenvalue weighted by Crippen LogP contribution is 2.46. The summed E-state index contributed by atoms with van der Waals surface area (Å²) in [4.78, 5) is 27.6. The van der Waals surface area contributed by atoms with Crippen LogP contribution in [0, 0.1) is 0 Å². The molecule has 4 aromatic heterocycles. The number of furan rings is 2. The van der Waals surface area contributed by atoms with Crippen LogP contribution in [0.3, 0.4) is 0 Å². The van der Waals surface area contributed by atoms with E-state index in [4.69, 9.17) is 35.4 Å². The third-order valence-electron chi connectivity index (χ3n) is 19.1. The van der Waals surface area contributed by atoms with Gasteiger partial charge in [-0.15, -0.1) is 0 Å². The van der Waals surface area contributed by atoms with Crippen molar-refractivity contribution in [3.63, 3.8) is 0 Å². The van der Waals surface area contributed by atoms with E-state index >= 15 is 0 Å². The molecule has 0 unspecified atom stereocenters. The summed E-state index contributed by atoms with van der Waals surface area (Å²) in [7, 11) is -1.48. The molecule has 488 valence electrons. The maximum atomic E-state index is 9.45. The van der Waals surface area contributed by atoms with Crippen LogP contribution in [0.4, 0.5) is 0 Å². The number of hydrogen-bond acceptors (Lipinski definition) is 10. The van der Waals surface area contributed by atoms with Crippen molar-refractivity contribution in [2.24, 2.45) is 0 Å². The minimum Gasteiger partial charge on any atom is -0.455 e. The van der Waals surface area contributed by atoms with Gasteiger partial charge in [-0.2, -0.15) is 9.97 Å². The van der Waals surface area contributed by atoms with Crippen LogP contribution < -0.4 is 5.46 Å². The second kappa shape index (κ2) is 26.9. The minimum atomic E-state index is -1.48. The van der Waals surface area contributed by atoms with Gasteiger partial charge in [0.1, 0.15) is 22.3 Å². The van der Waals surface area contributed by atoms with Crippen molar-refractivity contribution in [3.8, 4) is 79.2 Å². The molecule has 0 fully saturated rings. The van der Waals surface area contributed by atoms with E-state index in [0.717, 1.165) is 105 Å². The van der Waals surface area contributed by atoms with Crippen LogP contribution >= 0.6 is 11.6 Å². The monoisotopic (exact) mass is 1350 g/mol. The average molecular weight is 1350 g/mol. The Morgan fingerprint density at radius 1 is 0.233 bits per heavy atom. The van der Waals surface area contributed by atoms with Crippen LogP contribution in [-0.2, 0) is 0 Å². The van der Waals surface area contributed by atoms with Gasteiger partial charge < -0.3 is 18.9 Å². The van der Waals surface area contributed by atoms with E-state index in [2.05, 4.69) is 185 Å². The summed E-state index contributed by atoms with van der Waals surface area (Å²) in [6.45, 7) is 0. The zero-order valence-corrected chi connectivity index (χ0v) is 55.3. The van der Waals surface area contributed by atoms with Gasteiger partial charge in [0.05, 0.1) is 0 Å². The predicted molar refractivity (Wildman–Crippen MR) is 425 cm³/mol. The lowest BCUT2D eigenvalue weighted by Crippen LogP contribution is -2.29. The third-order valence-corrected chi connectivity index (χ3v) is 19.2. The molecule has 2 N–H and O–H groups in total. The molecule has 0 aliphatic heterocycles. The standard InChI is InChI=1S/C45H27N3O.C30H19BO3.C15H10ClN3.CH4/c1-3-13-28(14-4-1)43-46-44(29-15-5-2-6-16-29)48-45(47-43)31-18-11-17-30(27-31)32-23-12-24-38-39-26-25-37-35-21-8-7-19-33(35)34-20-9-10-22-36(34)40(37)42(39)49-41(32)38;32-31(33)19-14-12-18(13-15-19)20-10-5-11-26-27-17-16-25-23-8-2-1-6-21(23)22-7-3-4-9-24(22)28(25)30(27)34-29(20)26;16-15-18-13(11-7-3-1-4-8-11)17-14(19-15)12-9-5-2-6-10-12;/h1-27H;1-17,32-33H;1-10H;1H4. The highest BCUT2D eigenvalue weighted by Gasteiger charge is 2.22. The lowest BCUT2D eigenvalue weighted by atomic mass is 9.80. The lowest BCUT2D eigenvalue weighted by Gasteiger charge is -2.10. The summed E-state index contributed by atoms with van der Waals surface area (Å²) >= 11 is 5.99. The summed E-state index contributed by atoms with van der Waals surface area (Å²) in [5.74, 6) is 3.07. The molecule has 0 radical (unpaired) electrons. The zero-order chi connectivity index (χ0) is 68.2. The van der Waals surface area contributed by atoms with Gasteiger partial charge in [-0.05, 0) is 100 Å². The first-order chi connectivity index (χ1) is 50.3. The summed E-state index contributed by atoms with van der Waals surface area (Å²) in [5, 5.41) is 37.9. The number of fused-ring (bicyclic) bond motifs is 20. The molecule has 0 saturated heterocycles. The SMILES string of the molecule is C.Clc1nc(-c2ccccc2)nc(-c2ccccc2)n1.OB(O)c1ccc(-c2cccc3c2oc2c3ccc3c4ccccc4c4ccccc4c32)cc1.c1ccc(-c2nc(-c3ccccc3)nc(-c3cccc(-c4cccc5c4oc4c5ccc5c6ccccc6c6ccccc6c54)c3)n2)cc1. The fourth-order valence-corrected chi connectivity index (χ4v) is 14.5. The van der Waals surface area contributed by atoms with E-state index in [1.807, 2.05) is 146 Å². The van der Waals surface area contributed by atoms with Crippen LogP contribution in [0.15, 0.2) is 336 Å². The zero-order valence-electron chi connectivity index (χ0n) is 54.5. The van der Waals surface area contributed by atoms with Gasteiger partial charge in [-0.25, -0.2) is 19.9 Å². The van der Waals surface area contributed by atoms with E-state index < -0.39 is 7.12 Å². The van der Waals surface area contributed by atoms with E-state index in [-0.39, 0.29) is 12.7 Å². The first kappa shape index (κ1) is 63.4. The van der Waals surface area contributed by atoms with Crippen molar-refractivity contribution in [1.29, 1.82) is 0 Å². The maximum absolute atomic E-state index is 9.45. The molecule has 0 bridgehead atoms. The van der Waals surface area contributed by atoms with E-state index in [1.165, 1.54) is 53.9 Å². The molecule has 0 aliphatic carbocycles. The Labute approximate surface area is 597 Å². The van der Waals surface area contributed by atoms with Crippen molar-refractivity contribution >= 4 is 133 Å². The largest absolute Gasteiger partial charge is 0.488 e. The molecule has 4 heterocycles. The summed E-state index contributed by atoms with van der Waals surface area (Å²) < 4.78 is 13.7. The minimum absolute atomic E-state index is 0. The second-order valence-electron chi connectivity index (χ2n) is 25.1. The molecule has 0 amide bonds. The Morgan fingerprint density at radius 2 is 0.505 bits per heavy atom. The molecular formula is C91H60BClN6O4. The smallest absolute Gasteiger partial charge is 0.455 e. The van der Waals surface area contributed by atoms with E-state index in [1.54, 1.807) is 12.1 Å². The molecule has 10 nitrogen and oxygen atoms in total. The summed E-state index contributed by atoms with van der Waals surface area (Å²) in [6.07, 6.45) is 0. The Kier molecular flexibility index (Phi) is 16.6. The van der Waals surface area contributed by atoms with Gasteiger partial charge in [-0.1, -0.05) is 317 Å². The Bertz CT molecular complexity index is 6430. The molecule has 20 aromatic rings. The van der Waals surface area contributed by atoms with Gasteiger partial charge >= 0.3 is 7.12 Å². The number of aromatic nitrogens is 6. The van der Waals surface area contributed by atoms with Crippen molar-refractivity contribution in [2.75, 3.05) is 0 Å². The normalized spacial score (nSPS) is 11.4. The molecule has 20 rings (SSSR count). The molecule has 0 aliphatic rings. The number of hydrogen-bond donors (Lipinski definition) is 2. The van der Waals surface area contributed by atoms with E-state index in [0.29, 0.717) is 34.6 Å². The number of benzene rings is 16. The van der Waals surface area contributed by atoms with Crippen LogP contribution in [0.25, 0.3) is 188 Å². The summed E-state index contributed by atoms with van der Waals surface area (Å²) in [5.41, 5.74) is 12.6. The van der Waals surface area contributed by atoms with Gasteiger partial charge in [-0.3, -0.25) is 0 Å². The molecule has 103 heavy (non-hydrogen) atoms. The van der Waals surface area contributed by atoms with Crippen molar-refractivity contribution in [2.45, 2.75) is 7.43 Å². The first-order valence-corrected chi connectivity index (χ1v) is 34.0. The highest BCUT2D eigenvalue weighted by atomic mass is 35.5. The van der Waals surface area contributed by atoms with Gasteiger partial charge in [0.25, 0.3) is 0 Å². The van der Waals surface area contributed by atoms with Crippen LogP contribution in [0.1, 0.15) is 7.43 Å². The first-order valence-electron chi connectivity index (χ1n) is 33.6. The van der Waals surface area contributed by atoms with Gasteiger partial charge in [0.15, 0.2) is 29.1 Å². The van der Waals surface area contributed by atoms with Gasteiger partial charge in [0.2, 0.25) is 5.28 Å². The van der Waals surface area contributed by atoms with Crippen LogP contribution in [0.2, 0.25) is 5.28 Å².